The van der Waals surface area contributed by atoms with Crippen LogP contribution in [0.5, 0.6) is 5.75 Å². The van der Waals surface area contributed by atoms with Crippen LogP contribution in [0.15, 0.2) is 24.3 Å². The number of amides is 2. The van der Waals surface area contributed by atoms with E-state index in [1.54, 1.807) is 7.11 Å². The van der Waals surface area contributed by atoms with Gasteiger partial charge in [0.05, 0.1) is 7.11 Å². The topological polar surface area (TPSA) is 53.1 Å². The quantitative estimate of drug-likeness (QED) is 0.718. The van der Waals surface area contributed by atoms with E-state index in [1.807, 2.05) is 43.3 Å². The van der Waals surface area contributed by atoms with Gasteiger partial charge in [0.2, 0.25) is 11.8 Å². The van der Waals surface area contributed by atoms with Gasteiger partial charge in [-0.25, -0.2) is 0 Å². The van der Waals surface area contributed by atoms with E-state index in [0.29, 0.717) is 31.2 Å². The molecule has 3 rings (SSSR count). The molecule has 6 nitrogen and oxygen atoms in total. The number of likely N-dealkylation sites (N-methyl/N-ethyl adjacent to an activating group) is 1. The van der Waals surface area contributed by atoms with E-state index in [9.17, 15) is 9.59 Å². The highest BCUT2D eigenvalue weighted by Crippen LogP contribution is 2.31. The van der Waals surface area contributed by atoms with Gasteiger partial charge >= 0.3 is 0 Å². The number of carbonyl (C=O) groups excluding carboxylic acids is 2. The summed E-state index contributed by atoms with van der Waals surface area (Å²) in [6.45, 7) is 3.20. The average molecular weight is 388 g/mol. The van der Waals surface area contributed by atoms with Gasteiger partial charge in [-0.15, -0.1) is 0 Å². The van der Waals surface area contributed by atoms with Crippen LogP contribution in [-0.2, 0) is 16.0 Å². The van der Waals surface area contributed by atoms with Crippen molar-refractivity contribution in [2.24, 2.45) is 5.92 Å². The number of likely N-dealkylation sites (tertiary alicyclic amines) is 2. The summed E-state index contributed by atoms with van der Waals surface area (Å²) in [5.41, 5.74) is 1.08. The Hall–Kier alpha value is -2.08. The number of carbonyl (C=O) groups is 2. The van der Waals surface area contributed by atoms with Crippen LogP contribution < -0.4 is 4.74 Å². The smallest absolute Gasteiger partial charge is 0.222 e. The summed E-state index contributed by atoms with van der Waals surface area (Å²) in [5, 5.41) is 0. The van der Waals surface area contributed by atoms with Crippen LogP contribution in [0, 0.1) is 5.92 Å². The normalized spacial score (nSPS) is 22.4. The first-order chi connectivity index (χ1) is 13.5. The number of para-hydroxylation sites is 1. The molecule has 2 amide bonds. The van der Waals surface area contributed by atoms with Gasteiger partial charge < -0.3 is 19.4 Å². The largest absolute Gasteiger partial charge is 0.496 e. The number of fused-ring (bicyclic) bond motifs is 1. The molecule has 1 aromatic carbocycles. The first-order valence-corrected chi connectivity index (χ1v) is 10.3. The van der Waals surface area contributed by atoms with Gasteiger partial charge in [0.1, 0.15) is 5.75 Å². The molecular weight excluding hydrogens is 354 g/mol. The highest BCUT2D eigenvalue weighted by molar-refractivity contribution is 5.78. The summed E-state index contributed by atoms with van der Waals surface area (Å²) in [6, 6.07) is 8.18. The van der Waals surface area contributed by atoms with E-state index in [1.165, 1.54) is 0 Å². The van der Waals surface area contributed by atoms with Gasteiger partial charge in [0.25, 0.3) is 0 Å². The van der Waals surface area contributed by atoms with Crippen LogP contribution in [0.2, 0.25) is 0 Å². The minimum atomic E-state index is 0.209. The zero-order chi connectivity index (χ0) is 20.1. The zero-order valence-electron chi connectivity index (χ0n) is 17.4. The lowest BCUT2D eigenvalue weighted by atomic mass is 9.83. The molecular formula is C22H33N3O3. The summed E-state index contributed by atoms with van der Waals surface area (Å²) in [7, 11) is 5.74. The molecule has 6 heteroatoms. The maximum atomic E-state index is 12.8. The van der Waals surface area contributed by atoms with Crippen LogP contribution in [-0.4, -0.2) is 79.9 Å². The lowest BCUT2D eigenvalue weighted by Crippen LogP contribution is -2.57. The molecule has 2 fully saturated rings. The SMILES string of the molecule is COc1ccccc1CCC(=O)N1CC[C@H]2[C@H](CCC(=O)N2CCN(C)C)C1. The van der Waals surface area contributed by atoms with Gasteiger partial charge in [0.15, 0.2) is 0 Å². The second-order valence-electron chi connectivity index (χ2n) is 8.20. The molecule has 0 radical (unpaired) electrons. The Balaban J connectivity index is 1.55. The van der Waals surface area contributed by atoms with Crippen molar-refractivity contribution < 1.29 is 14.3 Å². The fourth-order valence-corrected chi connectivity index (χ4v) is 4.49. The lowest BCUT2D eigenvalue weighted by molar-refractivity contribution is -0.144. The van der Waals surface area contributed by atoms with Crippen LogP contribution >= 0.6 is 0 Å². The number of piperidine rings is 2. The molecule has 0 spiro atoms. The monoisotopic (exact) mass is 387 g/mol. The Morgan fingerprint density at radius 2 is 2.04 bits per heavy atom. The highest BCUT2D eigenvalue weighted by atomic mass is 16.5. The Morgan fingerprint density at radius 1 is 1.25 bits per heavy atom. The van der Waals surface area contributed by atoms with Crippen molar-refractivity contribution >= 4 is 11.8 Å². The highest BCUT2D eigenvalue weighted by Gasteiger charge is 2.39. The zero-order valence-corrected chi connectivity index (χ0v) is 17.4. The number of rotatable bonds is 7. The molecule has 0 N–H and O–H groups in total. The van der Waals surface area contributed by atoms with E-state index in [2.05, 4.69) is 9.80 Å². The molecule has 1 aromatic rings. The molecule has 2 aliphatic rings. The van der Waals surface area contributed by atoms with Gasteiger partial charge in [-0.3, -0.25) is 9.59 Å². The van der Waals surface area contributed by atoms with Gasteiger partial charge in [-0.2, -0.15) is 0 Å². The number of nitrogens with zero attached hydrogens (tertiary/aromatic N) is 3. The standard InChI is InChI=1S/C22H33N3O3/c1-23(2)14-15-25-19-12-13-24(16-18(19)9-11-22(25)27)21(26)10-8-17-6-4-5-7-20(17)28-3/h4-7,18-19H,8-16H2,1-3H3/t18-,19+/m1/s1. The fourth-order valence-electron chi connectivity index (χ4n) is 4.49. The third-order valence-electron chi connectivity index (χ3n) is 6.09. The van der Waals surface area contributed by atoms with Crippen molar-refractivity contribution in [3.8, 4) is 5.75 Å². The maximum Gasteiger partial charge on any atom is 0.222 e. The number of ether oxygens (including phenoxy) is 1. The Labute approximate surface area is 168 Å². The first kappa shape index (κ1) is 20.6. The van der Waals surface area contributed by atoms with E-state index in [4.69, 9.17) is 4.74 Å². The molecule has 28 heavy (non-hydrogen) atoms. The molecule has 0 aromatic heterocycles. The van der Waals surface area contributed by atoms with Crippen molar-refractivity contribution in [2.45, 2.75) is 38.1 Å². The van der Waals surface area contributed by atoms with Crippen LogP contribution in [0.4, 0.5) is 0 Å². The van der Waals surface area contributed by atoms with Gasteiger partial charge in [0, 0.05) is 45.1 Å². The predicted molar refractivity (Wildman–Crippen MR) is 109 cm³/mol. The van der Waals surface area contributed by atoms with Crippen molar-refractivity contribution in [1.29, 1.82) is 0 Å². The van der Waals surface area contributed by atoms with E-state index >= 15 is 0 Å². The average Bonchev–Trinajstić information content (AvgIpc) is 2.70. The number of aryl methyl sites for hydroxylation is 1. The van der Waals surface area contributed by atoms with E-state index in [0.717, 1.165) is 50.3 Å². The fraction of sp³-hybridized carbons (Fsp3) is 0.636. The van der Waals surface area contributed by atoms with Crippen molar-refractivity contribution in [3.05, 3.63) is 29.8 Å². The molecule has 2 heterocycles. The van der Waals surface area contributed by atoms with Crippen molar-refractivity contribution in [1.82, 2.24) is 14.7 Å². The Morgan fingerprint density at radius 3 is 2.79 bits per heavy atom. The maximum absolute atomic E-state index is 12.8. The summed E-state index contributed by atoms with van der Waals surface area (Å²) >= 11 is 0. The van der Waals surface area contributed by atoms with Gasteiger partial charge in [-0.1, -0.05) is 18.2 Å². The number of hydrogen-bond donors (Lipinski definition) is 0. The number of hydrogen-bond acceptors (Lipinski definition) is 4. The second-order valence-corrected chi connectivity index (χ2v) is 8.20. The van der Waals surface area contributed by atoms with Gasteiger partial charge in [-0.05, 0) is 50.9 Å². The van der Waals surface area contributed by atoms with E-state index < -0.39 is 0 Å². The second kappa shape index (κ2) is 9.41. The predicted octanol–water partition coefficient (Wildman–Crippen LogP) is 2.03. The molecule has 0 aliphatic carbocycles. The molecule has 2 atom stereocenters. The Bertz CT molecular complexity index is 691. The summed E-state index contributed by atoms with van der Waals surface area (Å²) in [4.78, 5) is 31.4. The summed E-state index contributed by atoms with van der Waals surface area (Å²) < 4.78 is 5.39. The summed E-state index contributed by atoms with van der Waals surface area (Å²) in [5.74, 6) is 1.74. The molecule has 0 bridgehead atoms. The Kier molecular flexibility index (Phi) is 6.94. The van der Waals surface area contributed by atoms with Crippen LogP contribution in [0.1, 0.15) is 31.2 Å². The molecule has 2 saturated heterocycles. The molecule has 2 aliphatic heterocycles. The molecule has 0 unspecified atom stereocenters. The third-order valence-corrected chi connectivity index (χ3v) is 6.09. The molecule has 0 saturated carbocycles. The van der Waals surface area contributed by atoms with Crippen LogP contribution in [0.25, 0.3) is 0 Å². The number of benzene rings is 1. The number of methoxy groups -OCH3 is 1. The first-order valence-electron chi connectivity index (χ1n) is 10.3. The lowest BCUT2D eigenvalue weighted by Gasteiger charge is -2.47. The van der Waals surface area contributed by atoms with Crippen LogP contribution in [0.3, 0.4) is 0 Å². The van der Waals surface area contributed by atoms with Crippen molar-refractivity contribution in [3.63, 3.8) is 0 Å². The molecule has 154 valence electrons. The minimum Gasteiger partial charge on any atom is -0.496 e. The summed E-state index contributed by atoms with van der Waals surface area (Å²) in [6.07, 6.45) is 3.60. The minimum absolute atomic E-state index is 0.209. The third kappa shape index (κ3) is 4.85. The van der Waals surface area contributed by atoms with E-state index in [-0.39, 0.29) is 11.8 Å². The van der Waals surface area contributed by atoms with Crippen molar-refractivity contribution in [2.75, 3.05) is 47.4 Å².